The molecule has 0 spiro atoms. The van der Waals surface area contributed by atoms with E-state index >= 15 is 0 Å². The molecule has 1 N–H and O–H groups in total. The number of nitrogens with zero attached hydrogens (tertiary/aromatic N) is 4. The summed E-state index contributed by atoms with van der Waals surface area (Å²) in [7, 11) is -2.90. The summed E-state index contributed by atoms with van der Waals surface area (Å²) in [5.41, 5.74) is 1.50. The molecule has 7 rings (SSSR count). The van der Waals surface area contributed by atoms with Gasteiger partial charge in [-0.05, 0) is 27.5 Å². The topological polar surface area (TPSA) is 117 Å². The highest BCUT2D eigenvalue weighted by atomic mass is 28.4. The van der Waals surface area contributed by atoms with Gasteiger partial charge in [-0.1, -0.05) is 99.6 Å². The van der Waals surface area contributed by atoms with E-state index in [0.717, 1.165) is 0 Å². The second-order valence-electron chi connectivity index (χ2n) is 13.5. The van der Waals surface area contributed by atoms with Crippen LogP contribution in [0.25, 0.3) is 11.2 Å². The molecule has 2 aromatic heterocycles. The highest BCUT2D eigenvalue weighted by Crippen LogP contribution is 2.49. The predicted molar refractivity (Wildman–Crippen MR) is 184 cm³/mol. The third-order valence-corrected chi connectivity index (χ3v) is 14.6. The third-order valence-electron chi connectivity index (χ3n) is 9.52. The van der Waals surface area contributed by atoms with Gasteiger partial charge < -0.3 is 19.2 Å². The molecule has 0 bridgehead atoms. The Morgan fingerprint density at radius 3 is 2.08 bits per heavy atom. The van der Waals surface area contributed by atoms with Crippen LogP contribution < -0.4 is 15.7 Å². The molecular formula is C37H39N5O5Si. The van der Waals surface area contributed by atoms with Crippen molar-refractivity contribution in [1.82, 2.24) is 19.5 Å². The summed E-state index contributed by atoms with van der Waals surface area (Å²) < 4.78 is 22.1. The summed E-state index contributed by atoms with van der Waals surface area (Å²) in [4.78, 5) is 38.7. The maximum absolute atomic E-state index is 12.9. The fourth-order valence-electron chi connectivity index (χ4n) is 7.45. The van der Waals surface area contributed by atoms with E-state index in [0.29, 0.717) is 35.4 Å². The van der Waals surface area contributed by atoms with Crippen molar-refractivity contribution >= 4 is 47.5 Å². The quantitative estimate of drug-likeness (QED) is 0.177. The third kappa shape index (κ3) is 5.71. The molecule has 10 nitrogen and oxygen atoms in total. The molecule has 1 aliphatic carbocycles. The number of benzene rings is 3. The van der Waals surface area contributed by atoms with Gasteiger partial charge in [0, 0.05) is 31.2 Å². The average molecular weight is 662 g/mol. The maximum Gasteiger partial charge on any atom is 0.302 e. The van der Waals surface area contributed by atoms with Crippen LogP contribution in [0.5, 0.6) is 0 Å². The molecule has 1 saturated carbocycles. The summed E-state index contributed by atoms with van der Waals surface area (Å²) >= 11 is 0. The standard InChI is InChI=1S/C37H39N5O5Si/c1-24(43)45-30-21-29(47-48(37(2,3)4,26-16-10-6-11-17-26)27-18-12-7-13-19-27)28-20-31(46-33(28)30)42-23-40-32-34(38-22-39-35(32)42)41-36(44)25-14-8-5-9-15-25/h5-19,22-23,28-31,33H,20-21H2,1-4H3,(H,38,39,41,44)/t28-,29+,30+,31?,33-/m0/s1. The fraction of sp³-hybridized carbons (Fsp3) is 0.324. The fourth-order valence-corrected chi connectivity index (χ4v) is 12.2. The first-order valence-corrected chi connectivity index (χ1v) is 18.2. The molecule has 1 saturated heterocycles. The second-order valence-corrected chi connectivity index (χ2v) is 17.8. The lowest BCUT2D eigenvalue weighted by Crippen LogP contribution is -2.68. The Labute approximate surface area is 280 Å². The second kappa shape index (κ2) is 12.7. The highest BCUT2D eigenvalue weighted by molar-refractivity contribution is 6.99. The lowest BCUT2D eigenvalue weighted by atomic mass is 10.0. The number of anilines is 1. The van der Waals surface area contributed by atoms with Crippen LogP contribution in [-0.4, -0.2) is 58.0 Å². The number of amides is 1. The largest absolute Gasteiger partial charge is 0.460 e. The van der Waals surface area contributed by atoms with E-state index in [2.05, 4.69) is 89.6 Å². The Kier molecular flexibility index (Phi) is 8.44. The van der Waals surface area contributed by atoms with E-state index in [4.69, 9.17) is 13.9 Å². The van der Waals surface area contributed by atoms with Crippen LogP contribution in [-0.2, 0) is 18.7 Å². The summed E-state index contributed by atoms with van der Waals surface area (Å²) in [6, 6.07) is 30.0. The molecule has 11 heteroatoms. The van der Waals surface area contributed by atoms with Gasteiger partial charge in [0.15, 0.2) is 17.0 Å². The van der Waals surface area contributed by atoms with Crippen molar-refractivity contribution in [2.75, 3.05) is 5.32 Å². The van der Waals surface area contributed by atoms with Gasteiger partial charge in [-0.25, -0.2) is 15.0 Å². The number of nitrogens with one attached hydrogen (secondary N) is 1. The molecule has 2 aliphatic rings. The van der Waals surface area contributed by atoms with Gasteiger partial charge in [0.25, 0.3) is 14.2 Å². The predicted octanol–water partition coefficient (Wildman–Crippen LogP) is 5.26. The van der Waals surface area contributed by atoms with Crippen LogP contribution in [0.2, 0.25) is 5.04 Å². The van der Waals surface area contributed by atoms with Crippen LogP contribution >= 0.6 is 0 Å². The first-order valence-electron chi connectivity index (χ1n) is 16.3. The molecule has 1 aliphatic heterocycles. The zero-order valence-electron chi connectivity index (χ0n) is 27.4. The average Bonchev–Trinajstić information content (AvgIpc) is 3.79. The molecular weight excluding hydrogens is 623 g/mol. The molecule has 1 amide bonds. The van der Waals surface area contributed by atoms with E-state index < -0.39 is 20.6 Å². The zero-order valence-corrected chi connectivity index (χ0v) is 28.4. The molecule has 5 atom stereocenters. The molecule has 5 aromatic rings. The SMILES string of the molecule is CC(=O)O[C@@H]1C[C@@H](O[Si](c2ccccc2)(c2ccccc2)C(C)(C)C)[C@@H]2CC(n3cnc4c(NC(=O)c5ccccc5)ncnc43)O[C@@H]21. The number of imidazole rings is 1. The number of ether oxygens (including phenoxy) is 2. The van der Waals surface area contributed by atoms with Gasteiger partial charge in [0.05, 0.1) is 12.4 Å². The van der Waals surface area contributed by atoms with E-state index in [9.17, 15) is 9.59 Å². The number of esters is 1. The van der Waals surface area contributed by atoms with Gasteiger partial charge >= 0.3 is 5.97 Å². The number of rotatable bonds is 8. The number of aromatic nitrogens is 4. The van der Waals surface area contributed by atoms with E-state index in [1.165, 1.54) is 23.6 Å². The van der Waals surface area contributed by atoms with Crippen molar-refractivity contribution < 1.29 is 23.5 Å². The molecule has 1 unspecified atom stereocenters. The molecule has 2 fully saturated rings. The van der Waals surface area contributed by atoms with Gasteiger partial charge in [-0.15, -0.1) is 0 Å². The van der Waals surface area contributed by atoms with Crippen molar-refractivity contribution in [3.05, 3.63) is 109 Å². The maximum atomic E-state index is 12.9. The lowest BCUT2D eigenvalue weighted by Gasteiger charge is -2.45. The Balaban J connectivity index is 1.23. The zero-order chi connectivity index (χ0) is 33.5. The first-order chi connectivity index (χ1) is 23.2. The first kappa shape index (κ1) is 31.9. The molecule has 48 heavy (non-hydrogen) atoms. The Morgan fingerprint density at radius 1 is 0.854 bits per heavy atom. The Morgan fingerprint density at radius 2 is 1.48 bits per heavy atom. The number of carbonyl (C=O) groups excluding carboxylic acids is 2. The minimum Gasteiger partial charge on any atom is -0.460 e. The molecule has 246 valence electrons. The normalized spacial score (nSPS) is 22.4. The van der Waals surface area contributed by atoms with Crippen LogP contribution in [0.4, 0.5) is 5.82 Å². The summed E-state index contributed by atoms with van der Waals surface area (Å²) in [6.45, 7) is 8.21. The van der Waals surface area contributed by atoms with Crippen molar-refractivity contribution in [3.8, 4) is 0 Å². The molecule has 3 heterocycles. The number of hydrogen-bond acceptors (Lipinski definition) is 8. The minimum atomic E-state index is -2.90. The Hall–Kier alpha value is -4.71. The highest BCUT2D eigenvalue weighted by Gasteiger charge is 2.58. The number of carbonyl (C=O) groups is 2. The summed E-state index contributed by atoms with van der Waals surface area (Å²) in [5.74, 6) is -0.380. The summed E-state index contributed by atoms with van der Waals surface area (Å²) in [6.07, 6.45) is 2.70. The van der Waals surface area contributed by atoms with E-state index in [1.807, 2.05) is 22.8 Å². The summed E-state index contributed by atoms with van der Waals surface area (Å²) in [5, 5.41) is 5.03. The van der Waals surface area contributed by atoms with Gasteiger partial charge in [0.2, 0.25) is 0 Å². The van der Waals surface area contributed by atoms with Crippen molar-refractivity contribution in [3.63, 3.8) is 0 Å². The van der Waals surface area contributed by atoms with Gasteiger partial charge in [-0.3, -0.25) is 14.2 Å². The van der Waals surface area contributed by atoms with Crippen LogP contribution in [0.15, 0.2) is 104 Å². The van der Waals surface area contributed by atoms with Crippen molar-refractivity contribution in [2.24, 2.45) is 5.92 Å². The van der Waals surface area contributed by atoms with Gasteiger partial charge in [0.1, 0.15) is 24.8 Å². The van der Waals surface area contributed by atoms with Gasteiger partial charge in [-0.2, -0.15) is 0 Å². The smallest absolute Gasteiger partial charge is 0.302 e. The van der Waals surface area contributed by atoms with E-state index in [1.54, 1.807) is 30.6 Å². The van der Waals surface area contributed by atoms with Crippen LogP contribution in [0.1, 0.15) is 57.1 Å². The molecule has 0 radical (unpaired) electrons. The minimum absolute atomic E-state index is 0.0578. The van der Waals surface area contributed by atoms with Crippen LogP contribution in [0.3, 0.4) is 0 Å². The number of fused-ring (bicyclic) bond motifs is 2. The van der Waals surface area contributed by atoms with Crippen molar-refractivity contribution in [2.45, 2.75) is 70.1 Å². The van der Waals surface area contributed by atoms with Crippen LogP contribution in [0, 0.1) is 5.92 Å². The van der Waals surface area contributed by atoms with E-state index in [-0.39, 0.29) is 35.0 Å². The monoisotopic (exact) mass is 661 g/mol. The lowest BCUT2D eigenvalue weighted by molar-refractivity contribution is -0.154. The van der Waals surface area contributed by atoms with Crippen molar-refractivity contribution in [1.29, 1.82) is 0 Å². The molecule has 3 aromatic carbocycles. The number of hydrogen-bond donors (Lipinski definition) is 1. The Bertz CT molecular complexity index is 1880.